The second kappa shape index (κ2) is 15.1. The van der Waals surface area contributed by atoms with Crippen LogP contribution in [0.3, 0.4) is 0 Å². The summed E-state index contributed by atoms with van der Waals surface area (Å²) >= 11 is 0. The first-order valence-electron chi connectivity index (χ1n) is 17.6. The maximum absolute atomic E-state index is 6.87. The summed E-state index contributed by atoms with van der Waals surface area (Å²) < 4.78 is 13.7. The van der Waals surface area contributed by atoms with Gasteiger partial charge in [0.25, 0.3) is 0 Å². The predicted molar refractivity (Wildman–Crippen MR) is 195 cm³/mol. The van der Waals surface area contributed by atoms with Gasteiger partial charge in [0, 0.05) is 36.3 Å². The average Bonchev–Trinajstić information content (AvgIpc) is 3.14. The summed E-state index contributed by atoms with van der Waals surface area (Å²) in [5.41, 5.74) is 2.35. The molecule has 0 saturated carbocycles. The van der Waals surface area contributed by atoms with Crippen LogP contribution < -0.4 is 9.47 Å². The molecule has 2 aliphatic rings. The van der Waals surface area contributed by atoms with E-state index in [4.69, 9.17) is 9.47 Å². The van der Waals surface area contributed by atoms with Gasteiger partial charge in [-0.25, -0.2) is 0 Å². The van der Waals surface area contributed by atoms with Crippen LogP contribution in [-0.2, 0) is 0 Å². The standard InChI is InChI=1S/C42H46N4O2/c1-3-27-45-29-11-9-23-37(45)41(35-21-13-17-31-15-5-7-19-33(31)35)47-39-25-26-40(44-43-39)48-42(38-24-10-12-30-46(38)28-4-2)36-22-14-18-32-16-6-8-20-34(32)36/h3-8,13-22,25-26,37-38,41-42H,1-2,9-12,23-24,27-30H2/t37-,38-,41+,42+/m0/s1. The molecule has 0 amide bonds. The third kappa shape index (κ3) is 6.87. The largest absolute Gasteiger partial charge is 0.467 e. The van der Waals surface area contributed by atoms with Gasteiger partial charge < -0.3 is 9.47 Å². The van der Waals surface area contributed by atoms with Gasteiger partial charge in [0.1, 0.15) is 12.2 Å². The highest BCUT2D eigenvalue weighted by atomic mass is 16.5. The Morgan fingerprint density at radius 2 is 1.02 bits per heavy atom. The second-order valence-electron chi connectivity index (χ2n) is 13.1. The van der Waals surface area contributed by atoms with Gasteiger partial charge >= 0.3 is 0 Å². The molecule has 4 aromatic carbocycles. The van der Waals surface area contributed by atoms with E-state index in [-0.39, 0.29) is 24.3 Å². The normalized spacial score (nSPS) is 20.2. The first-order valence-corrected chi connectivity index (χ1v) is 17.6. The Hall–Kier alpha value is -4.52. The van der Waals surface area contributed by atoms with Crippen molar-refractivity contribution in [2.45, 2.75) is 62.8 Å². The Morgan fingerprint density at radius 3 is 1.46 bits per heavy atom. The van der Waals surface area contributed by atoms with E-state index in [1.807, 2.05) is 24.3 Å². The maximum Gasteiger partial charge on any atom is 0.234 e. The van der Waals surface area contributed by atoms with E-state index in [1.165, 1.54) is 58.4 Å². The van der Waals surface area contributed by atoms with Crippen LogP contribution in [-0.4, -0.2) is 58.3 Å². The average molecular weight is 639 g/mol. The number of hydrogen-bond acceptors (Lipinski definition) is 6. The van der Waals surface area contributed by atoms with Crippen LogP contribution in [0.5, 0.6) is 11.8 Å². The highest BCUT2D eigenvalue weighted by molar-refractivity contribution is 5.87. The fourth-order valence-corrected chi connectivity index (χ4v) is 7.89. The lowest BCUT2D eigenvalue weighted by atomic mass is 9.90. The Bertz CT molecular complexity index is 1690. The summed E-state index contributed by atoms with van der Waals surface area (Å²) in [6.45, 7) is 11.8. The van der Waals surface area contributed by atoms with E-state index in [1.54, 1.807) is 0 Å². The van der Waals surface area contributed by atoms with Gasteiger partial charge in [0.2, 0.25) is 11.8 Å². The van der Waals surface area contributed by atoms with Gasteiger partial charge in [-0.2, -0.15) is 0 Å². The molecule has 1 aromatic heterocycles. The van der Waals surface area contributed by atoms with Crippen molar-refractivity contribution in [2.75, 3.05) is 26.2 Å². The van der Waals surface area contributed by atoms with E-state index >= 15 is 0 Å². The SMILES string of the molecule is C=CCN1CCCC[C@H]1[C@H](Oc1ccc(O[C@H](c2cccc3ccccc23)[C@@H]2CCCCN2CC=C)nn1)c1cccc2ccccc12. The number of benzene rings is 4. The summed E-state index contributed by atoms with van der Waals surface area (Å²) in [7, 11) is 0. The number of nitrogens with zero attached hydrogens (tertiary/aromatic N) is 4. The van der Waals surface area contributed by atoms with Crippen molar-refractivity contribution in [1.82, 2.24) is 20.0 Å². The van der Waals surface area contributed by atoms with E-state index in [0.717, 1.165) is 39.0 Å². The molecule has 246 valence electrons. The number of rotatable bonds is 12. The molecule has 0 N–H and O–H groups in total. The molecule has 0 unspecified atom stereocenters. The first kappa shape index (κ1) is 32.0. The van der Waals surface area contributed by atoms with Gasteiger partial charge in [-0.3, -0.25) is 9.80 Å². The van der Waals surface area contributed by atoms with E-state index in [9.17, 15) is 0 Å². The van der Waals surface area contributed by atoms with Gasteiger partial charge in [0.05, 0.1) is 12.1 Å². The molecule has 0 spiro atoms. The summed E-state index contributed by atoms with van der Waals surface area (Å²) in [5.74, 6) is 0.995. The van der Waals surface area contributed by atoms with E-state index in [0.29, 0.717) is 11.8 Å². The molecule has 2 fully saturated rings. The number of ether oxygens (including phenoxy) is 2. The zero-order valence-corrected chi connectivity index (χ0v) is 27.8. The van der Waals surface area contributed by atoms with Crippen molar-refractivity contribution in [3.05, 3.63) is 133 Å². The molecule has 2 saturated heterocycles. The van der Waals surface area contributed by atoms with Gasteiger partial charge in [-0.05, 0) is 60.3 Å². The highest BCUT2D eigenvalue weighted by Gasteiger charge is 2.35. The number of fused-ring (bicyclic) bond motifs is 2. The van der Waals surface area contributed by atoms with Crippen LogP contribution in [0.1, 0.15) is 61.9 Å². The van der Waals surface area contributed by atoms with Crippen LogP contribution in [0.15, 0.2) is 122 Å². The molecular weight excluding hydrogens is 592 g/mol. The van der Waals surface area contributed by atoms with Gasteiger partial charge in [-0.15, -0.1) is 23.4 Å². The molecular formula is C42H46N4O2. The lowest BCUT2D eigenvalue weighted by Crippen LogP contribution is -2.45. The third-order valence-electron chi connectivity index (χ3n) is 10.1. The summed E-state index contributed by atoms with van der Waals surface area (Å²) in [6.07, 6.45) is 10.4. The minimum Gasteiger partial charge on any atom is -0.467 e. The van der Waals surface area contributed by atoms with Crippen molar-refractivity contribution in [3.8, 4) is 11.8 Å². The zero-order valence-electron chi connectivity index (χ0n) is 27.8. The van der Waals surface area contributed by atoms with Crippen molar-refractivity contribution in [3.63, 3.8) is 0 Å². The predicted octanol–water partition coefficient (Wildman–Crippen LogP) is 9.10. The quantitative estimate of drug-likeness (QED) is 0.127. The molecule has 7 rings (SSSR count). The fraction of sp³-hybridized carbons (Fsp3) is 0.333. The lowest BCUT2D eigenvalue weighted by molar-refractivity contribution is 0.0407. The Balaban J connectivity index is 1.21. The van der Waals surface area contributed by atoms with Crippen LogP contribution in [0.2, 0.25) is 0 Å². The molecule has 0 bridgehead atoms. The molecule has 6 heteroatoms. The zero-order chi connectivity index (χ0) is 32.7. The molecule has 0 aliphatic carbocycles. The molecule has 2 aliphatic heterocycles. The minimum absolute atomic E-state index is 0.193. The van der Waals surface area contributed by atoms with Crippen molar-refractivity contribution in [1.29, 1.82) is 0 Å². The smallest absolute Gasteiger partial charge is 0.234 e. The molecule has 6 nitrogen and oxygen atoms in total. The molecule has 48 heavy (non-hydrogen) atoms. The molecule has 3 heterocycles. The van der Waals surface area contributed by atoms with Crippen molar-refractivity contribution in [2.24, 2.45) is 0 Å². The maximum atomic E-state index is 6.87. The number of likely N-dealkylation sites (tertiary alicyclic amines) is 2. The van der Waals surface area contributed by atoms with Gasteiger partial charge in [-0.1, -0.05) is 110 Å². The Morgan fingerprint density at radius 1 is 0.583 bits per heavy atom. The number of aromatic nitrogens is 2. The Labute approximate surface area is 284 Å². The van der Waals surface area contributed by atoms with Crippen LogP contribution >= 0.6 is 0 Å². The van der Waals surface area contributed by atoms with Crippen molar-refractivity contribution >= 4 is 21.5 Å². The van der Waals surface area contributed by atoms with Crippen LogP contribution in [0.4, 0.5) is 0 Å². The monoisotopic (exact) mass is 638 g/mol. The second-order valence-corrected chi connectivity index (χ2v) is 13.1. The third-order valence-corrected chi connectivity index (χ3v) is 10.1. The van der Waals surface area contributed by atoms with Gasteiger partial charge in [0.15, 0.2) is 0 Å². The van der Waals surface area contributed by atoms with Crippen LogP contribution in [0, 0.1) is 0 Å². The number of hydrogen-bond donors (Lipinski definition) is 0. The number of piperidine rings is 2. The lowest BCUT2D eigenvalue weighted by Gasteiger charge is -2.40. The minimum atomic E-state index is -0.212. The summed E-state index contributed by atoms with van der Waals surface area (Å²) in [5, 5.41) is 14.1. The molecule has 4 atom stereocenters. The van der Waals surface area contributed by atoms with E-state index in [2.05, 4.69) is 118 Å². The summed E-state index contributed by atoms with van der Waals surface area (Å²) in [6, 6.07) is 34.3. The van der Waals surface area contributed by atoms with Crippen LogP contribution in [0.25, 0.3) is 21.5 Å². The topological polar surface area (TPSA) is 50.7 Å². The molecule has 5 aromatic rings. The van der Waals surface area contributed by atoms with E-state index < -0.39 is 0 Å². The molecule has 0 radical (unpaired) electrons. The highest BCUT2D eigenvalue weighted by Crippen LogP contribution is 2.38. The fourth-order valence-electron chi connectivity index (χ4n) is 7.89. The van der Waals surface area contributed by atoms with Crippen molar-refractivity contribution < 1.29 is 9.47 Å². The summed E-state index contributed by atoms with van der Waals surface area (Å²) in [4.78, 5) is 5.00. The Kier molecular flexibility index (Phi) is 10.1. The first-order chi connectivity index (χ1) is 23.7.